The number of rotatable bonds is 8. The van der Waals surface area contributed by atoms with Gasteiger partial charge in [-0.05, 0) is 37.1 Å². The molecule has 0 radical (unpaired) electrons. The highest BCUT2D eigenvalue weighted by Crippen LogP contribution is 2.19. The van der Waals surface area contributed by atoms with Crippen LogP contribution in [0.1, 0.15) is 37.7 Å². The van der Waals surface area contributed by atoms with Crippen LogP contribution >= 0.6 is 0 Å². The molecule has 1 amide bonds. The van der Waals surface area contributed by atoms with Crippen molar-refractivity contribution in [2.24, 2.45) is 0 Å². The van der Waals surface area contributed by atoms with E-state index in [1.807, 2.05) is 12.1 Å². The zero-order valence-corrected chi connectivity index (χ0v) is 16.6. The molecule has 3 aromatic heterocycles. The summed E-state index contributed by atoms with van der Waals surface area (Å²) in [6.45, 7) is 4.23. The van der Waals surface area contributed by atoms with Crippen LogP contribution < -0.4 is 5.32 Å². The smallest absolute Gasteiger partial charge is 0.340 e. The van der Waals surface area contributed by atoms with Crippen molar-refractivity contribution in [3.8, 4) is 5.82 Å². The van der Waals surface area contributed by atoms with Gasteiger partial charge in [0.15, 0.2) is 0 Å². The molecule has 0 atom stereocenters. The van der Waals surface area contributed by atoms with Gasteiger partial charge in [0.2, 0.25) is 0 Å². The lowest BCUT2D eigenvalue weighted by Crippen LogP contribution is -2.24. The second kappa shape index (κ2) is 9.16. The van der Waals surface area contributed by atoms with Gasteiger partial charge in [0, 0.05) is 37.9 Å². The lowest BCUT2D eigenvalue weighted by Gasteiger charge is -2.07. The lowest BCUT2D eigenvalue weighted by molar-refractivity contribution is 0.0387. The van der Waals surface area contributed by atoms with Crippen molar-refractivity contribution in [1.29, 1.82) is 0 Å². The fraction of sp³-hybridized carbons (Fsp3) is 0.300. The molecule has 0 unspecified atom stereocenters. The molecule has 3 rings (SSSR count). The monoisotopic (exact) mass is 397 g/mol. The number of carbonyl (C=O) groups excluding carboxylic acids is 2. The van der Waals surface area contributed by atoms with Gasteiger partial charge in [0.05, 0.1) is 12.2 Å². The molecule has 0 aliphatic rings. The first-order valence-corrected chi connectivity index (χ1v) is 9.08. The van der Waals surface area contributed by atoms with Crippen LogP contribution in [0.3, 0.4) is 0 Å². The first-order chi connectivity index (χ1) is 14.0. The zero-order valence-electron chi connectivity index (χ0n) is 16.6. The Morgan fingerprint density at radius 2 is 2.07 bits per heavy atom. The van der Waals surface area contributed by atoms with Gasteiger partial charge in [-0.1, -0.05) is 0 Å². The molecule has 152 valence electrons. The predicted molar refractivity (Wildman–Crippen MR) is 105 cm³/mol. The number of imidazole rings is 1. The highest BCUT2D eigenvalue weighted by molar-refractivity contribution is 6.00. The number of hydrogen-bond donors (Lipinski definition) is 2. The SMILES string of the molecule is COCCOC(=O)c1c(C)[nH]c(C(=O)NCc2ccnc(-n3ccnc3)c2)c1C. The van der Waals surface area contributed by atoms with Gasteiger partial charge in [0.25, 0.3) is 5.91 Å². The maximum absolute atomic E-state index is 12.7. The molecule has 0 fully saturated rings. The van der Waals surface area contributed by atoms with Crippen LogP contribution in [-0.4, -0.2) is 51.7 Å². The van der Waals surface area contributed by atoms with E-state index < -0.39 is 5.97 Å². The summed E-state index contributed by atoms with van der Waals surface area (Å²) in [7, 11) is 1.53. The molecule has 9 heteroatoms. The Balaban J connectivity index is 1.68. The molecule has 0 spiro atoms. The molecule has 0 saturated heterocycles. The van der Waals surface area contributed by atoms with Crippen LogP contribution in [0.15, 0.2) is 37.1 Å². The quantitative estimate of drug-likeness (QED) is 0.444. The van der Waals surface area contributed by atoms with Crippen LogP contribution in [0.4, 0.5) is 0 Å². The molecule has 0 aromatic carbocycles. The summed E-state index contributed by atoms with van der Waals surface area (Å²) in [5.41, 5.74) is 2.73. The zero-order chi connectivity index (χ0) is 20.8. The molecule has 0 saturated carbocycles. The van der Waals surface area contributed by atoms with Crippen LogP contribution in [0.2, 0.25) is 0 Å². The third-order valence-electron chi connectivity index (χ3n) is 4.42. The molecular weight excluding hydrogens is 374 g/mol. The number of pyridine rings is 1. The molecule has 9 nitrogen and oxygen atoms in total. The van der Waals surface area contributed by atoms with Crippen molar-refractivity contribution in [3.63, 3.8) is 0 Å². The number of aryl methyl sites for hydroxylation is 1. The number of methoxy groups -OCH3 is 1. The largest absolute Gasteiger partial charge is 0.460 e. The summed E-state index contributed by atoms with van der Waals surface area (Å²) in [5.74, 6) is -0.0729. The summed E-state index contributed by atoms with van der Waals surface area (Å²) in [5, 5.41) is 2.87. The summed E-state index contributed by atoms with van der Waals surface area (Å²) < 4.78 is 11.8. The summed E-state index contributed by atoms with van der Waals surface area (Å²) >= 11 is 0. The van der Waals surface area contributed by atoms with Gasteiger partial charge in [0.1, 0.15) is 24.4 Å². The Morgan fingerprint density at radius 1 is 1.24 bits per heavy atom. The van der Waals surface area contributed by atoms with Crippen molar-refractivity contribution in [2.45, 2.75) is 20.4 Å². The highest BCUT2D eigenvalue weighted by atomic mass is 16.6. The Morgan fingerprint density at radius 3 is 2.79 bits per heavy atom. The molecule has 2 N–H and O–H groups in total. The summed E-state index contributed by atoms with van der Waals surface area (Å²) in [4.78, 5) is 36.2. The number of H-pyrrole nitrogens is 1. The Kier molecular flexibility index (Phi) is 6.40. The number of esters is 1. The lowest BCUT2D eigenvalue weighted by atomic mass is 10.1. The number of nitrogens with one attached hydrogen (secondary N) is 2. The van der Waals surface area contributed by atoms with E-state index in [0.29, 0.717) is 41.5 Å². The van der Waals surface area contributed by atoms with E-state index in [1.54, 1.807) is 43.3 Å². The van der Waals surface area contributed by atoms with Crippen molar-refractivity contribution in [3.05, 3.63) is 65.1 Å². The van der Waals surface area contributed by atoms with E-state index in [-0.39, 0.29) is 12.5 Å². The normalized spacial score (nSPS) is 10.7. The molecule has 0 aliphatic carbocycles. The van der Waals surface area contributed by atoms with Gasteiger partial charge in [-0.15, -0.1) is 0 Å². The van der Waals surface area contributed by atoms with E-state index in [4.69, 9.17) is 9.47 Å². The third-order valence-corrected chi connectivity index (χ3v) is 4.42. The fourth-order valence-electron chi connectivity index (χ4n) is 2.95. The summed E-state index contributed by atoms with van der Waals surface area (Å²) in [6, 6.07) is 3.69. The van der Waals surface area contributed by atoms with E-state index in [9.17, 15) is 9.59 Å². The molecule has 3 aromatic rings. The standard InChI is InChI=1S/C20H23N5O4/c1-13-17(20(27)29-9-8-28-3)14(2)24-18(13)19(26)23-11-15-4-5-22-16(10-15)25-7-6-21-12-25/h4-7,10,12,24H,8-9,11H2,1-3H3,(H,23,26). The minimum absolute atomic E-state index is 0.155. The Hall–Kier alpha value is -3.46. The average Bonchev–Trinajstić information content (AvgIpc) is 3.35. The second-order valence-electron chi connectivity index (χ2n) is 6.43. The number of aromatic amines is 1. The number of nitrogens with zero attached hydrogens (tertiary/aromatic N) is 3. The minimum Gasteiger partial charge on any atom is -0.460 e. The molecule has 0 bridgehead atoms. The molecule has 29 heavy (non-hydrogen) atoms. The maximum atomic E-state index is 12.7. The van der Waals surface area contributed by atoms with E-state index in [1.165, 1.54) is 7.11 Å². The third kappa shape index (κ3) is 4.69. The van der Waals surface area contributed by atoms with Gasteiger partial charge >= 0.3 is 5.97 Å². The van der Waals surface area contributed by atoms with Crippen LogP contribution in [0.25, 0.3) is 5.82 Å². The second-order valence-corrected chi connectivity index (χ2v) is 6.43. The van der Waals surface area contributed by atoms with Gasteiger partial charge < -0.3 is 19.8 Å². The van der Waals surface area contributed by atoms with Crippen molar-refractivity contribution >= 4 is 11.9 Å². The van der Waals surface area contributed by atoms with E-state index in [0.717, 1.165) is 5.56 Å². The maximum Gasteiger partial charge on any atom is 0.340 e. The molecule has 0 aliphatic heterocycles. The number of aromatic nitrogens is 4. The topological polar surface area (TPSA) is 111 Å². The summed E-state index contributed by atoms with van der Waals surface area (Å²) in [6.07, 6.45) is 6.80. The Labute approximate surface area is 168 Å². The average molecular weight is 397 g/mol. The van der Waals surface area contributed by atoms with Crippen molar-refractivity contribution < 1.29 is 19.1 Å². The molecular formula is C20H23N5O4. The highest BCUT2D eigenvalue weighted by Gasteiger charge is 2.22. The van der Waals surface area contributed by atoms with Crippen LogP contribution in [-0.2, 0) is 16.0 Å². The first-order valence-electron chi connectivity index (χ1n) is 9.08. The van der Waals surface area contributed by atoms with Gasteiger partial charge in [-0.2, -0.15) is 0 Å². The number of hydrogen-bond acceptors (Lipinski definition) is 6. The van der Waals surface area contributed by atoms with Gasteiger partial charge in [-0.25, -0.2) is 14.8 Å². The van der Waals surface area contributed by atoms with Gasteiger partial charge in [-0.3, -0.25) is 9.36 Å². The Bertz CT molecular complexity index is 994. The van der Waals surface area contributed by atoms with Crippen LogP contribution in [0, 0.1) is 13.8 Å². The van der Waals surface area contributed by atoms with Crippen molar-refractivity contribution in [2.75, 3.05) is 20.3 Å². The van der Waals surface area contributed by atoms with Crippen molar-refractivity contribution in [1.82, 2.24) is 24.8 Å². The number of amides is 1. The number of ether oxygens (including phenoxy) is 2. The first kappa shape index (κ1) is 20.3. The van der Waals surface area contributed by atoms with Crippen LogP contribution in [0.5, 0.6) is 0 Å². The molecule has 3 heterocycles. The predicted octanol–water partition coefficient (Wildman–Crippen LogP) is 1.95. The fourth-order valence-corrected chi connectivity index (χ4v) is 2.95. The minimum atomic E-state index is -0.480. The number of carbonyl (C=O) groups is 2. The van der Waals surface area contributed by atoms with E-state index >= 15 is 0 Å². The van der Waals surface area contributed by atoms with E-state index in [2.05, 4.69) is 20.3 Å².